The third kappa shape index (κ3) is 3.49. The highest BCUT2D eigenvalue weighted by molar-refractivity contribution is 9.10. The van der Waals surface area contributed by atoms with Gasteiger partial charge in [0.05, 0.1) is 29.9 Å². The molecule has 1 atom stereocenters. The number of halogens is 1. The van der Waals surface area contributed by atoms with E-state index in [1.54, 1.807) is 31.1 Å². The lowest BCUT2D eigenvalue weighted by Gasteiger charge is -2.37. The average molecular weight is 358 g/mol. The third-order valence-corrected chi connectivity index (χ3v) is 4.24. The summed E-state index contributed by atoms with van der Waals surface area (Å²) in [6.07, 6.45) is 1.49. The molecule has 6 heteroatoms. The Morgan fingerprint density at radius 3 is 2.67 bits per heavy atom. The molecule has 1 aromatic carbocycles. The number of nitrogens with zero attached hydrogens (tertiary/aromatic N) is 1. The van der Waals surface area contributed by atoms with E-state index in [1.807, 2.05) is 0 Å². The fourth-order valence-corrected chi connectivity index (χ4v) is 3.22. The third-order valence-electron chi connectivity index (χ3n) is 3.65. The number of carbonyl (C=O) groups excluding carboxylic acids is 1. The summed E-state index contributed by atoms with van der Waals surface area (Å²) in [7, 11) is 3.07. The predicted molar refractivity (Wildman–Crippen MR) is 83.0 cm³/mol. The monoisotopic (exact) mass is 357 g/mol. The minimum absolute atomic E-state index is 0.161. The summed E-state index contributed by atoms with van der Waals surface area (Å²) in [5.74, 6) is 0.896. The number of rotatable bonds is 3. The van der Waals surface area contributed by atoms with Gasteiger partial charge in [0.1, 0.15) is 11.5 Å². The molecule has 0 bridgehead atoms. The van der Waals surface area contributed by atoms with Crippen LogP contribution in [0.1, 0.15) is 30.1 Å². The van der Waals surface area contributed by atoms with E-state index in [0.29, 0.717) is 41.0 Å². The van der Waals surface area contributed by atoms with E-state index in [2.05, 4.69) is 15.9 Å². The van der Waals surface area contributed by atoms with Crippen molar-refractivity contribution >= 4 is 21.8 Å². The van der Waals surface area contributed by atoms with Crippen molar-refractivity contribution in [3.8, 4) is 11.5 Å². The number of hydrogen-bond acceptors (Lipinski definition) is 4. The average Bonchev–Trinajstić information content (AvgIpc) is 2.44. The number of likely N-dealkylation sites (tertiary alicyclic amines) is 1. The molecule has 0 aromatic heterocycles. The molecule has 116 valence electrons. The minimum atomic E-state index is -0.836. The van der Waals surface area contributed by atoms with Crippen molar-refractivity contribution in [1.82, 2.24) is 4.90 Å². The Bertz CT molecular complexity index is 545. The van der Waals surface area contributed by atoms with Crippen LogP contribution in [0.2, 0.25) is 0 Å². The number of aliphatic hydroxyl groups is 1. The molecule has 21 heavy (non-hydrogen) atoms. The van der Waals surface area contributed by atoms with Crippen LogP contribution in [-0.2, 0) is 0 Å². The van der Waals surface area contributed by atoms with Gasteiger partial charge in [-0.2, -0.15) is 0 Å². The number of β-amino-alcohol motifs (C(OH)–C–C–N with tert-alkyl or cyclic N) is 1. The quantitative estimate of drug-likeness (QED) is 0.902. The summed E-state index contributed by atoms with van der Waals surface area (Å²) in [5.41, 5.74) is -0.404. The first-order valence-electron chi connectivity index (χ1n) is 6.81. The van der Waals surface area contributed by atoms with E-state index in [1.165, 1.54) is 7.11 Å². The molecule has 0 aliphatic carbocycles. The van der Waals surface area contributed by atoms with Crippen LogP contribution in [0.4, 0.5) is 0 Å². The Morgan fingerprint density at radius 2 is 2.10 bits per heavy atom. The first-order chi connectivity index (χ1) is 9.88. The molecule has 1 aromatic rings. The van der Waals surface area contributed by atoms with Crippen molar-refractivity contribution in [3.05, 3.63) is 22.2 Å². The Labute approximate surface area is 133 Å². The Balaban J connectivity index is 2.36. The van der Waals surface area contributed by atoms with Crippen LogP contribution >= 0.6 is 15.9 Å². The number of hydrogen-bond donors (Lipinski definition) is 1. The largest absolute Gasteiger partial charge is 0.497 e. The molecule has 1 aliphatic heterocycles. The zero-order valence-electron chi connectivity index (χ0n) is 12.5. The van der Waals surface area contributed by atoms with Gasteiger partial charge in [-0.1, -0.05) is 0 Å². The molecule has 1 heterocycles. The summed E-state index contributed by atoms with van der Waals surface area (Å²) < 4.78 is 11.2. The van der Waals surface area contributed by atoms with E-state index >= 15 is 0 Å². The summed E-state index contributed by atoms with van der Waals surface area (Å²) in [5, 5.41) is 10.2. The van der Waals surface area contributed by atoms with E-state index in [4.69, 9.17) is 9.47 Å². The predicted octanol–water partition coefficient (Wildman–Crippen LogP) is 2.45. The van der Waals surface area contributed by atoms with E-state index < -0.39 is 5.60 Å². The van der Waals surface area contributed by atoms with Crippen LogP contribution in [0.5, 0.6) is 11.5 Å². The molecule has 1 N–H and O–H groups in total. The van der Waals surface area contributed by atoms with Gasteiger partial charge in [0.2, 0.25) is 0 Å². The Kier molecular flexibility index (Phi) is 4.78. The van der Waals surface area contributed by atoms with Crippen LogP contribution in [0.3, 0.4) is 0 Å². The van der Waals surface area contributed by atoms with Crippen molar-refractivity contribution in [2.24, 2.45) is 0 Å². The second-order valence-electron chi connectivity index (χ2n) is 5.52. The van der Waals surface area contributed by atoms with E-state index in [9.17, 15) is 9.90 Å². The van der Waals surface area contributed by atoms with Crippen LogP contribution in [0.15, 0.2) is 16.6 Å². The number of ether oxygens (including phenoxy) is 2. The summed E-state index contributed by atoms with van der Waals surface area (Å²) >= 11 is 3.39. The normalized spacial score (nSPS) is 22.0. The Morgan fingerprint density at radius 1 is 1.38 bits per heavy atom. The van der Waals surface area contributed by atoms with Crippen molar-refractivity contribution in [1.29, 1.82) is 0 Å². The fraction of sp³-hybridized carbons (Fsp3) is 0.533. The van der Waals surface area contributed by atoms with Gasteiger partial charge in [-0.3, -0.25) is 4.79 Å². The maximum Gasteiger partial charge on any atom is 0.257 e. The first-order valence-corrected chi connectivity index (χ1v) is 7.60. The highest BCUT2D eigenvalue weighted by atomic mass is 79.9. The number of piperidine rings is 1. The molecular formula is C15H20BrNO4. The first kappa shape index (κ1) is 16.1. The highest BCUT2D eigenvalue weighted by Crippen LogP contribution is 2.35. The molecule has 2 rings (SSSR count). The lowest BCUT2D eigenvalue weighted by molar-refractivity contribution is -0.0108. The molecule has 0 spiro atoms. The maximum atomic E-state index is 12.7. The number of benzene rings is 1. The lowest BCUT2D eigenvalue weighted by atomic mass is 9.94. The molecule has 1 amide bonds. The summed E-state index contributed by atoms with van der Waals surface area (Å²) in [4.78, 5) is 14.4. The van der Waals surface area contributed by atoms with Crippen molar-refractivity contribution in [2.75, 3.05) is 27.3 Å². The molecule has 1 fully saturated rings. The van der Waals surface area contributed by atoms with Gasteiger partial charge in [-0.15, -0.1) is 0 Å². The van der Waals surface area contributed by atoms with Gasteiger partial charge in [0.15, 0.2) is 0 Å². The number of methoxy groups -OCH3 is 2. The standard InChI is InChI=1S/C15H20BrNO4/c1-15(19)5-4-6-17(9-15)14(18)11-7-10(20-2)8-12(16)13(11)21-3/h7-8,19H,4-6,9H2,1-3H3. The topological polar surface area (TPSA) is 59.0 Å². The van der Waals surface area contributed by atoms with Gasteiger partial charge in [0.25, 0.3) is 5.91 Å². The molecule has 1 unspecified atom stereocenters. The van der Waals surface area contributed by atoms with Crippen LogP contribution in [-0.4, -0.2) is 48.8 Å². The number of carbonyl (C=O) groups is 1. The zero-order chi connectivity index (χ0) is 15.6. The molecule has 5 nitrogen and oxygen atoms in total. The van der Waals surface area contributed by atoms with Gasteiger partial charge in [0, 0.05) is 13.1 Å². The van der Waals surface area contributed by atoms with Crippen molar-refractivity contribution < 1.29 is 19.4 Å². The van der Waals surface area contributed by atoms with E-state index in [0.717, 1.165) is 6.42 Å². The fourth-order valence-electron chi connectivity index (χ4n) is 2.62. The summed E-state index contributed by atoms with van der Waals surface area (Å²) in [6.45, 7) is 2.71. The second kappa shape index (κ2) is 6.23. The van der Waals surface area contributed by atoms with Gasteiger partial charge in [-0.25, -0.2) is 0 Å². The van der Waals surface area contributed by atoms with Gasteiger partial charge < -0.3 is 19.5 Å². The Hall–Kier alpha value is -1.27. The smallest absolute Gasteiger partial charge is 0.257 e. The van der Waals surface area contributed by atoms with Crippen LogP contribution in [0, 0.1) is 0 Å². The van der Waals surface area contributed by atoms with Crippen molar-refractivity contribution in [2.45, 2.75) is 25.4 Å². The lowest BCUT2D eigenvalue weighted by Crippen LogP contribution is -2.48. The molecule has 0 saturated carbocycles. The summed E-state index contributed by atoms with van der Waals surface area (Å²) in [6, 6.07) is 3.41. The second-order valence-corrected chi connectivity index (χ2v) is 6.37. The van der Waals surface area contributed by atoms with Crippen LogP contribution < -0.4 is 9.47 Å². The number of amides is 1. The van der Waals surface area contributed by atoms with Gasteiger partial charge in [-0.05, 0) is 47.8 Å². The maximum absolute atomic E-state index is 12.7. The van der Waals surface area contributed by atoms with Crippen molar-refractivity contribution in [3.63, 3.8) is 0 Å². The van der Waals surface area contributed by atoms with E-state index in [-0.39, 0.29) is 5.91 Å². The molecular weight excluding hydrogens is 338 g/mol. The van der Waals surface area contributed by atoms with Crippen LogP contribution in [0.25, 0.3) is 0 Å². The SMILES string of the molecule is COc1cc(Br)c(OC)c(C(=O)N2CCCC(C)(O)C2)c1. The molecule has 0 radical (unpaired) electrons. The molecule has 1 saturated heterocycles. The minimum Gasteiger partial charge on any atom is -0.497 e. The highest BCUT2D eigenvalue weighted by Gasteiger charge is 2.32. The van der Waals surface area contributed by atoms with Gasteiger partial charge >= 0.3 is 0 Å². The zero-order valence-corrected chi connectivity index (χ0v) is 14.1. The molecule has 1 aliphatic rings.